The molecule has 154 valence electrons. The lowest BCUT2D eigenvalue weighted by Crippen LogP contribution is -1.93. The molecule has 5 aromatic carbocycles. The molecule has 3 aromatic heterocycles. The molecule has 0 fully saturated rings. The van der Waals surface area contributed by atoms with Crippen LogP contribution in [0.25, 0.3) is 69.6 Å². The van der Waals surface area contributed by atoms with Crippen molar-refractivity contribution in [1.29, 1.82) is 0 Å². The van der Waals surface area contributed by atoms with Crippen LogP contribution in [0.1, 0.15) is 0 Å². The average molecular weight is 440 g/mol. The number of hydrogen-bond acceptors (Lipinski definition) is 2. The Morgan fingerprint density at radius 3 is 2.00 bits per heavy atom. The Morgan fingerprint density at radius 1 is 0.545 bits per heavy atom. The third-order valence-corrected chi connectivity index (χ3v) is 8.01. The van der Waals surface area contributed by atoms with Crippen molar-refractivity contribution in [2.75, 3.05) is 0 Å². The van der Waals surface area contributed by atoms with Gasteiger partial charge in [0.2, 0.25) is 0 Å². The van der Waals surface area contributed by atoms with Gasteiger partial charge in [0.15, 0.2) is 0 Å². The maximum absolute atomic E-state index is 6.41. The van der Waals surface area contributed by atoms with Crippen LogP contribution >= 0.6 is 11.3 Å². The van der Waals surface area contributed by atoms with Gasteiger partial charge in [0.1, 0.15) is 11.2 Å². The highest BCUT2D eigenvalue weighted by Gasteiger charge is 2.16. The molecule has 3 heteroatoms. The molecule has 0 spiro atoms. The van der Waals surface area contributed by atoms with Crippen LogP contribution in [0.4, 0.5) is 0 Å². The molecule has 8 rings (SSSR count). The molecule has 0 bridgehead atoms. The number of furan rings is 1. The molecule has 0 atom stereocenters. The van der Waals surface area contributed by atoms with E-state index in [0.717, 1.165) is 16.9 Å². The van der Waals surface area contributed by atoms with Crippen molar-refractivity contribution < 1.29 is 4.42 Å². The fourth-order valence-corrected chi connectivity index (χ4v) is 6.63. The zero-order valence-electron chi connectivity index (χ0n) is 17.6. The molecule has 0 aliphatic rings. The Bertz CT molecular complexity index is 1980. The molecule has 0 aliphatic carbocycles. The average Bonchev–Trinajstić information content (AvgIpc) is 3.52. The van der Waals surface area contributed by atoms with E-state index in [1.54, 1.807) is 0 Å². The van der Waals surface area contributed by atoms with Crippen molar-refractivity contribution in [2.24, 2.45) is 0 Å². The SMILES string of the molecule is c1ccc2c(c1)sc1c2ccc2oc3cc(-n4c5ccccc5c5ccccc54)ccc3c21. The second kappa shape index (κ2) is 6.25. The Balaban J connectivity index is 1.46. The first-order valence-electron chi connectivity index (χ1n) is 11.1. The van der Waals surface area contributed by atoms with Crippen LogP contribution < -0.4 is 0 Å². The van der Waals surface area contributed by atoms with Gasteiger partial charge < -0.3 is 8.98 Å². The predicted octanol–water partition coefficient (Wildman–Crippen LogP) is 9.05. The second-order valence-electron chi connectivity index (χ2n) is 8.57. The number of para-hydroxylation sites is 2. The third-order valence-electron chi connectivity index (χ3n) is 6.80. The minimum Gasteiger partial charge on any atom is -0.456 e. The number of thiophene rings is 1. The lowest BCUT2D eigenvalue weighted by molar-refractivity contribution is 0.669. The van der Waals surface area contributed by atoms with E-state index in [0.29, 0.717) is 0 Å². The maximum atomic E-state index is 6.41. The first kappa shape index (κ1) is 17.5. The lowest BCUT2D eigenvalue weighted by Gasteiger charge is -2.07. The molecular weight excluding hydrogens is 422 g/mol. The zero-order valence-corrected chi connectivity index (χ0v) is 18.4. The van der Waals surface area contributed by atoms with Gasteiger partial charge in [-0.1, -0.05) is 54.6 Å². The molecule has 0 saturated carbocycles. The molecule has 0 saturated heterocycles. The van der Waals surface area contributed by atoms with Crippen LogP contribution in [0, 0.1) is 0 Å². The van der Waals surface area contributed by atoms with E-state index in [4.69, 9.17) is 4.42 Å². The van der Waals surface area contributed by atoms with Crippen molar-refractivity contribution in [3.8, 4) is 5.69 Å². The Kier molecular flexibility index (Phi) is 3.31. The van der Waals surface area contributed by atoms with Gasteiger partial charge in [0.25, 0.3) is 0 Å². The van der Waals surface area contributed by atoms with Crippen LogP contribution in [0.3, 0.4) is 0 Å². The molecule has 0 radical (unpaired) electrons. The largest absolute Gasteiger partial charge is 0.456 e. The fourth-order valence-electron chi connectivity index (χ4n) is 5.37. The first-order valence-corrected chi connectivity index (χ1v) is 11.9. The van der Waals surface area contributed by atoms with Crippen molar-refractivity contribution in [2.45, 2.75) is 0 Å². The number of fused-ring (bicyclic) bond motifs is 10. The quantitative estimate of drug-likeness (QED) is 0.249. The van der Waals surface area contributed by atoms with Gasteiger partial charge in [-0.15, -0.1) is 11.3 Å². The summed E-state index contributed by atoms with van der Waals surface area (Å²) >= 11 is 1.85. The number of aromatic nitrogens is 1. The number of hydrogen-bond donors (Lipinski definition) is 0. The minimum absolute atomic E-state index is 0.925. The first-order chi connectivity index (χ1) is 16.4. The molecule has 0 N–H and O–H groups in total. The molecule has 3 heterocycles. The molecule has 8 aromatic rings. The summed E-state index contributed by atoms with van der Waals surface area (Å²) < 4.78 is 11.4. The summed E-state index contributed by atoms with van der Waals surface area (Å²) in [5.41, 5.74) is 5.41. The normalized spacial score (nSPS) is 12.2. The Morgan fingerprint density at radius 2 is 1.21 bits per heavy atom. The number of rotatable bonds is 1. The van der Waals surface area contributed by atoms with Crippen LogP contribution in [-0.4, -0.2) is 4.57 Å². The fraction of sp³-hybridized carbons (Fsp3) is 0. The third kappa shape index (κ3) is 2.27. The summed E-state index contributed by atoms with van der Waals surface area (Å²) in [5.74, 6) is 0. The van der Waals surface area contributed by atoms with Crippen LogP contribution in [0.5, 0.6) is 0 Å². The van der Waals surface area contributed by atoms with E-state index < -0.39 is 0 Å². The van der Waals surface area contributed by atoms with E-state index in [1.165, 1.54) is 52.8 Å². The zero-order chi connectivity index (χ0) is 21.5. The monoisotopic (exact) mass is 439 g/mol. The van der Waals surface area contributed by atoms with E-state index in [2.05, 4.69) is 108 Å². The van der Waals surface area contributed by atoms with Gasteiger partial charge >= 0.3 is 0 Å². The second-order valence-corrected chi connectivity index (χ2v) is 9.62. The number of benzene rings is 5. The van der Waals surface area contributed by atoms with Gasteiger partial charge in [0.05, 0.1) is 11.0 Å². The van der Waals surface area contributed by atoms with E-state index >= 15 is 0 Å². The summed E-state index contributed by atoms with van der Waals surface area (Å²) in [7, 11) is 0. The molecule has 0 amide bonds. The van der Waals surface area contributed by atoms with E-state index in [9.17, 15) is 0 Å². The molecule has 33 heavy (non-hydrogen) atoms. The summed E-state index contributed by atoms with van der Waals surface area (Å²) in [4.78, 5) is 0. The van der Waals surface area contributed by atoms with Crippen LogP contribution in [-0.2, 0) is 0 Å². The minimum atomic E-state index is 0.925. The smallest absolute Gasteiger partial charge is 0.137 e. The summed E-state index contributed by atoms with van der Waals surface area (Å²) in [6.45, 7) is 0. The highest BCUT2D eigenvalue weighted by atomic mass is 32.1. The molecule has 0 aliphatic heterocycles. The van der Waals surface area contributed by atoms with Gasteiger partial charge in [0, 0.05) is 53.5 Å². The van der Waals surface area contributed by atoms with Crippen molar-refractivity contribution >= 4 is 75.3 Å². The standard InChI is InChI=1S/C30H17NOS/c1-4-10-24-19(7-1)20-8-2-5-11-25(20)31(24)18-13-14-23-27(17-18)32-26-16-15-22-21-9-3-6-12-28(21)33-30(22)29(23)26/h1-17H. The summed E-state index contributed by atoms with van der Waals surface area (Å²) in [5, 5.41) is 7.55. The maximum Gasteiger partial charge on any atom is 0.137 e. The highest BCUT2D eigenvalue weighted by molar-refractivity contribution is 7.26. The van der Waals surface area contributed by atoms with Crippen LogP contribution in [0.15, 0.2) is 108 Å². The van der Waals surface area contributed by atoms with Crippen molar-refractivity contribution in [3.05, 3.63) is 103 Å². The predicted molar refractivity (Wildman–Crippen MR) is 141 cm³/mol. The molecule has 0 unspecified atom stereocenters. The lowest BCUT2D eigenvalue weighted by atomic mass is 10.1. The topological polar surface area (TPSA) is 18.1 Å². The Hall–Kier alpha value is -4.08. The van der Waals surface area contributed by atoms with Gasteiger partial charge in [-0.3, -0.25) is 0 Å². The molecule has 2 nitrogen and oxygen atoms in total. The van der Waals surface area contributed by atoms with Gasteiger partial charge in [-0.25, -0.2) is 0 Å². The summed E-state index contributed by atoms with van der Waals surface area (Å²) in [6, 6.07) is 36.8. The summed E-state index contributed by atoms with van der Waals surface area (Å²) in [6.07, 6.45) is 0. The molecular formula is C30H17NOS. The van der Waals surface area contributed by atoms with Gasteiger partial charge in [-0.05, 0) is 42.5 Å². The van der Waals surface area contributed by atoms with Crippen LogP contribution in [0.2, 0.25) is 0 Å². The highest BCUT2D eigenvalue weighted by Crippen LogP contribution is 2.43. The van der Waals surface area contributed by atoms with Gasteiger partial charge in [-0.2, -0.15) is 0 Å². The van der Waals surface area contributed by atoms with E-state index in [1.807, 2.05) is 11.3 Å². The van der Waals surface area contributed by atoms with E-state index in [-0.39, 0.29) is 0 Å². The van der Waals surface area contributed by atoms with Crippen molar-refractivity contribution in [1.82, 2.24) is 4.57 Å². The number of nitrogens with zero attached hydrogens (tertiary/aromatic N) is 1. The Labute approximate surface area is 192 Å². The van der Waals surface area contributed by atoms with Crippen molar-refractivity contribution in [3.63, 3.8) is 0 Å².